The highest BCUT2D eigenvalue weighted by Gasteiger charge is 2.21. The van der Waals surface area contributed by atoms with Crippen molar-refractivity contribution in [3.63, 3.8) is 0 Å². The predicted molar refractivity (Wildman–Crippen MR) is 146 cm³/mol. The van der Waals surface area contributed by atoms with Crippen molar-refractivity contribution in [2.45, 2.75) is 45.4 Å². The number of carbonyl (C=O) groups excluding carboxylic acids is 1. The molecule has 192 valence electrons. The molecular weight excluding hydrogens is 466 g/mol. The summed E-state index contributed by atoms with van der Waals surface area (Å²) in [7, 11) is 0. The third-order valence-corrected chi connectivity index (χ3v) is 5.75. The van der Waals surface area contributed by atoms with Gasteiger partial charge >= 0.3 is 6.03 Å². The minimum Gasteiger partial charge on any atom is -0.457 e. The minimum atomic E-state index is -0.372. The molecule has 2 heterocycles. The lowest BCUT2D eigenvalue weighted by molar-refractivity contribution is 0.262. The van der Waals surface area contributed by atoms with Gasteiger partial charge in [-0.05, 0) is 73.4 Å². The Morgan fingerprint density at radius 2 is 1.68 bits per heavy atom. The number of benzene rings is 2. The molecule has 0 fully saturated rings. The van der Waals surface area contributed by atoms with Crippen molar-refractivity contribution < 1.29 is 14.6 Å². The van der Waals surface area contributed by atoms with E-state index in [-0.39, 0.29) is 18.1 Å². The summed E-state index contributed by atoms with van der Waals surface area (Å²) >= 11 is 0. The highest BCUT2D eigenvalue weighted by Crippen LogP contribution is 2.27. The second-order valence-electron chi connectivity index (χ2n) is 9.82. The van der Waals surface area contributed by atoms with Gasteiger partial charge in [0.2, 0.25) is 0 Å². The number of pyridine rings is 1. The third kappa shape index (κ3) is 7.17. The lowest BCUT2D eigenvalue weighted by atomic mass is 9.92. The fraction of sp³-hybridized carbons (Fsp3) is 0.276. The first-order chi connectivity index (χ1) is 17.8. The van der Waals surface area contributed by atoms with E-state index in [0.29, 0.717) is 23.0 Å². The monoisotopic (exact) mass is 499 g/mol. The highest BCUT2D eigenvalue weighted by molar-refractivity contribution is 5.99. The van der Waals surface area contributed by atoms with E-state index in [1.54, 1.807) is 53.5 Å². The van der Waals surface area contributed by atoms with Gasteiger partial charge in [0.15, 0.2) is 0 Å². The van der Waals surface area contributed by atoms with Crippen molar-refractivity contribution >= 4 is 17.5 Å². The molecular formula is C29H33N5O3. The predicted octanol–water partition coefficient (Wildman–Crippen LogP) is 6.32. The van der Waals surface area contributed by atoms with Crippen molar-refractivity contribution in [3.8, 4) is 17.2 Å². The zero-order valence-corrected chi connectivity index (χ0v) is 21.4. The van der Waals surface area contributed by atoms with Crippen LogP contribution in [0.25, 0.3) is 5.69 Å². The third-order valence-electron chi connectivity index (χ3n) is 5.75. The molecule has 0 radical (unpaired) electrons. The number of hydrogen-bond donors (Lipinski definition) is 3. The number of nitrogens with zero attached hydrogens (tertiary/aromatic N) is 3. The lowest BCUT2D eigenvalue weighted by Crippen LogP contribution is -2.21. The fourth-order valence-electron chi connectivity index (χ4n) is 3.75. The van der Waals surface area contributed by atoms with E-state index in [2.05, 4.69) is 48.5 Å². The molecule has 0 atom stereocenters. The van der Waals surface area contributed by atoms with E-state index in [4.69, 9.17) is 14.9 Å². The molecule has 0 unspecified atom stereocenters. The Hall–Kier alpha value is -4.17. The van der Waals surface area contributed by atoms with Crippen LogP contribution >= 0.6 is 0 Å². The van der Waals surface area contributed by atoms with Gasteiger partial charge in [0, 0.05) is 36.2 Å². The van der Waals surface area contributed by atoms with Crippen molar-refractivity contribution in [1.29, 1.82) is 0 Å². The number of nitrogens with one attached hydrogen (secondary N) is 2. The standard InChI is InChI=1S/C29H33N5O3/c1-29(2,3)26-20-27(34(33-26)23-9-6-8-21(19-23)7-4-5-18-35)32-28(36)31-22-10-12-24(13-11-22)37-25-14-16-30-17-15-25/h6,8-17,19-20,35H,4-5,7,18H2,1-3H3,(H2,31,32,36). The van der Waals surface area contributed by atoms with E-state index in [1.807, 2.05) is 18.2 Å². The molecule has 0 aliphatic rings. The zero-order valence-electron chi connectivity index (χ0n) is 21.4. The summed E-state index contributed by atoms with van der Waals surface area (Å²) in [6.45, 7) is 6.46. The maximum Gasteiger partial charge on any atom is 0.324 e. The highest BCUT2D eigenvalue weighted by atomic mass is 16.5. The molecule has 2 amide bonds. The van der Waals surface area contributed by atoms with E-state index >= 15 is 0 Å². The van der Waals surface area contributed by atoms with Crippen LogP contribution in [0.15, 0.2) is 79.1 Å². The number of rotatable bonds is 9. The molecule has 0 saturated heterocycles. The molecule has 8 nitrogen and oxygen atoms in total. The van der Waals surface area contributed by atoms with Gasteiger partial charge in [0.1, 0.15) is 17.3 Å². The summed E-state index contributed by atoms with van der Waals surface area (Å²) < 4.78 is 7.55. The van der Waals surface area contributed by atoms with Gasteiger partial charge in [-0.15, -0.1) is 0 Å². The number of urea groups is 1. The normalized spacial score (nSPS) is 11.2. The first-order valence-corrected chi connectivity index (χ1v) is 12.4. The van der Waals surface area contributed by atoms with Gasteiger partial charge in [-0.1, -0.05) is 32.9 Å². The van der Waals surface area contributed by atoms with Crippen LogP contribution in [0.3, 0.4) is 0 Å². The SMILES string of the molecule is CC(C)(C)c1cc(NC(=O)Nc2ccc(Oc3ccncc3)cc2)n(-c2cccc(CCCCO)c2)n1. The summed E-state index contributed by atoms with van der Waals surface area (Å²) in [5.74, 6) is 1.92. The van der Waals surface area contributed by atoms with Gasteiger partial charge in [-0.2, -0.15) is 5.10 Å². The molecule has 2 aromatic heterocycles. The Morgan fingerprint density at radius 1 is 0.946 bits per heavy atom. The molecule has 0 spiro atoms. The quantitative estimate of drug-likeness (QED) is 0.234. The van der Waals surface area contributed by atoms with E-state index in [9.17, 15) is 4.79 Å². The number of aryl methyl sites for hydroxylation is 1. The molecule has 4 aromatic rings. The number of aliphatic hydroxyl groups is 1. The van der Waals surface area contributed by atoms with Gasteiger partial charge < -0.3 is 15.2 Å². The molecule has 3 N–H and O–H groups in total. The number of hydrogen-bond acceptors (Lipinski definition) is 5. The lowest BCUT2D eigenvalue weighted by Gasteiger charge is -2.14. The Bertz CT molecular complexity index is 1310. The number of aliphatic hydroxyl groups excluding tert-OH is 1. The first-order valence-electron chi connectivity index (χ1n) is 12.4. The van der Waals surface area contributed by atoms with Crippen LogP contribution in [0.2, 0.25) is 0 Å². The molecule has 0 saturated carbocycles. The van der Waals surface area contributed by atoms with Gasteiger partial charge in [-0.3, -0.25) is 10.3 Å². The van der Waals surface area contributed by atoms with Gasteiger partial charge in [-0.25, -0.2) is 9.48 Å². The first kappa shape index (κ1) is 25.9. The van der Waals surface area contributed by atoms with Crippen LogP contribution in [-0.4, -0.2) is 32.5 Å². The van der Waals surface area contributed by atoms with Gasteiger partial charge in [0.25, 0.3) is 0 Å². The Morgan fingerprint density at radius 3 is 2.38 bits per heavy atom. The second-order valence-corrected chi connectivity index (χ2v) is 9.82. The number of ether oxygens (including phenoxy) is 1. The molecule has 8 heteroatoms. The average molecular weight is 500 g/mol. The Balaban J connectivity index is 1.49. The summed E-state index contributed by atoms with van der Waals surface area (Å²) in [5, 5.41) is 19.7. The smallest absolute Gasteiger partial charge is 0.324 e. The van der Waals surface area contributed by atoms with Crippen molar-refractivity contribution in [2.24, 2.45) is 0 Å². The Kier molecular flexibility index (Phi) is 8.20. The van der Waals surface area contributed by atoms with Crippen molar-refractivity contribution in [2.75, 3.05) is 17.2 Å². The number of carbonyl (C=O) groups is 1. The van der Waals surface area contributed by atoms with E-state index < -0.39 is 0 Å². The van der Waals surface area contributed by atoms with Crippen LogP contribution < -0.4 is 15.4 Å². The molecule has 0 bridgehead atoms. The summed E-state index contributed by atoms with van der Waals surface area (Å²) in [4.78, 5) is 16.9. The van der Waals surface area contributed by atoms with Crippen LogP contribution in [0.1, 0.15) is 44.9 Å². The Labute approximate surface area is 217 Å². The van der Waals surface area contributed by atoms with Crippen LogP contribution in [0, 0.1) is 0 Å². The maximum atomic E-state index is 12.9. The van der Waals surface area contributed by atoms with Gasteiger partial charge in [0.05, 0.1) is 11.4 Å². The van der Waals surface area contributed by atoms with Crippen LogP contribution in [-0.2, 0) is 11.8 Å². The zero-order chi connectivity index (χ0) is 26.3. The van der Waals surface area contributed by atoms with E-state index in [1.165, 1.54) is 0 Å². The second kappa shape index (κ2) is 11.7. The van der Waals surface area contributed by atoms with Crippen LogP contribution in [0.5, 0.6) is 11.5 Å². The van der Waals surface area contributed by atoms with Crippen molar-refractivity contribution in [1.82, 2.24) is 14.8 Å². The topological polar surface area (TPSA) is 101 Å². The maximum absolute atomic E-state index is 12.9. The molecule has 37 heavy (non-hydrogen) atoms. The molecule has 4 rings (SSSR count). The largest absolute Gasteiger partial charge is 0.457 e. The average Bonchev–Trinajstić information content (AvgIpc) is 3.30. The number of unbranched alkanes of at least 4 members (excludes halogenated alkanes) is 1. The summed E-state index contributed by atoms with van der Waals surface area (Å²) in [5.41, 5.74) is 3.33. The molecule has 0 aliphatic heterocycles. The number of aromatic nitrogens is 3. The molecule has 2 aromatic carbocycles. The number of anilines is 2. The van der Waals surface area contributed by atoms with Crippen molar-refractivity contribution in [3.05, 3.63) is 90.4 Å². The fourth-order valence-corrected chi connectivity index (χ4v) is 3.75. The summed E-state index contributed by atoms with van der Waals surface area (Å²) in [6, 6.07) is 20.3. The van der Waals surface area contributed by atoms with E-state index in [0.717, 1.165) is 36.2 Å². The summed E-state index contributed by atoms with van der Waals surface area (Å²) in [6.07, 6.45) is 5.87. The van der Waals surface area contributed by atoms with Crippen LogP contribution in [0.4, 0.5) is 16.3 Å². The molecule has 0 aliphatic carbocycles. The minimum absolute atomic E-state index is 0.192. The number of amides is 2.